The van der Waals surface area contributed by atoms with Crippen molar-refractivity contribution in [3.63, 3.8) is 0 Å². The zero-order valence-electron chi connectivity index (χ0n) is 10.6. The minimum atomic E-state index is -4.57. The highest BCUT2D eigenvalue weighted by atomic mass is 19.4. The molecule has 20 heavy (non-hydrogen) atoms. The summed E-state index contributed by atoms with van der Waals surface area (Å²) in [6.45, 7) is -0.0230. The normalized spacial score (nSPS) is 11.3. The molecule has 0 aliphatic carbocycles. The first-order chi connectivity index (χ1) is 9.38. The zero-order chi connectivity index (χ0) is 15.0. The third-order valence-electron chi connectivity index (χ3n) is 2.37. The summed E-state index contributed by atoms with van der Waals surface area (Å²) >= 11 is 0. The average Bonchev–Trinajstić information content (AvgIpc) is 2.37. The summed E-state index contributed by atoms with van der Waals surface area (Å²) in [7, 11) is 0. The molecule has 0 spiro atoms. The fourth-order valence-electron chi connectivity index (χ4n) is 1.42. The number of hydrogen-bond acceptors (Lipinski definition) is 4. The van der Waals surface area contributed by atoms with Crippen molar-refractivity contribution >= 4 is 5.69 Å². The van der Waals surface area contributed by atoms with Gasteiger partial charge in [0.05, 0.1) is 18.1 Å². The topological polar surface area (TPSA) is 61.6 Å². The van der Waals surface area contributed by atoms with Gasteiger partial charge < -0.3 is 4.74 Å². The molecule has 0 bridgehead atoms. The van der Waals surface area contributed by atoms with Crippen LogP contribution < -0.4 is 4.74 Å². The van der Waals surface area contributed by atoms with Gasteiger partial charge >= 0.3 is 6.36 Å². The summed E-state index contributed by atoms with van der Waals surface area (Å²) in [5.74, 6) is 0.488. The molecule has 0 saturated carbocycles. The van der Waals surface area contributed by atoms with E-state index < -0.39 is 11.3 Å². The van der Waals surface area contributed by atoms with Gasteiger partial charge in [-0.15, -0.1) is 13.2 Å². The predicted molar refractivity (Wildman–Crippen MR) is 64.4 cm³/mol. The third-order valence-corrected chi connectivity index (χ3v) is 2.37. The lowest BCUT2D eigenvalue weighted by Gasteiger charge is -2.07. The molecule has 8 heteroatoms. The van der Waals surface area contributed by atoms with Gasteiger partial charge in [-0.05, 0) is 31.4 Å². The monoisotopic (exact) mass is 293 g/mol. The number of unbranched alkanes of at least 4 members (excludes halogenated alkanes) is 2. The smallest absolute Gasteiger partial charge is 0.494 e. The van der Waals surface area contributed by atoms with E-state index in [1.54, 1.807) is 0 Å². The van der Waals surface area contributed by atoms with Gasteiger partial charge in [-0.3, -0.25) is 14.9 Å². The number of nitrogens with zero attached hydrogens (tertiary/aromatic N) is 1. The van der Waals surface area contributed by atoms with E-state index in [2.05, 4.69) is 4.74 Å². The Balaban J connectivity index is 2.11. The van der Waals surface area contributed by atoms with Crippen molar-refractivity contribution in [2.24, 2.45) is 0 Å². The molecule has 0 heterocycles. The molecule has 0 aliphatic heterocycles. The Morgan fingerprint density at radius 3 is 2.20 bits per heavy atom. The summed E-state index contributed by atoms with van der Waals surface area (Å²) in [6.07, 6.45) is -3.15. The molecule has 0 unspecified atom stereocenters. The number of hydrogen-bond donors (Lipinski definition) is 0. The molecule has 5 nitrogen and oxygen atoms in total. The molecular weight excluding hydrogens is 279 g/mol. The van der Waals surface area contributed by atoms with Crippen LogP contribution in [-0.2, 0) is 4.74 Å². The molecule has 0 aromatic heterocycles. The summed E-state index contributed by atoms with van der Waals surface area (Å²) < 4.78 is 43.9. The van der Waals surface area contributed by atoms with Crippen LogP contribution in [-0.4, -0.2) is 24.5 Å². The minimum absolute atomic E-state index is 0.0263. The minimum Gasteiger partial charge on any atom is -0.494 e. The molecular formula is C12H14F3NO4. The molecule has 1 aromatic carbocycles. The lowest BCUT2D eigenvalue weighted by atomic mass is 10.2. The standard InChI is InChI=1S/C12H14F3NO4/c13-12(14,15)20-9-3-1-2-8-19-11-6-4-10(5-7-11)16(17)18/h4-7H,1-3,8-9H2. The van der Waals surface area contributed by atoms with Crippen molar-refractivity contribution in [2.75, 3.05) is 13.2 Å². The number of non-ortho nitro benzene ring substituents is 1. The maximum absolute atomic E-state index is 11.6. The van der Waals surface area contributed by atoms with E-state index in [-0.39, 0.29) is 12.3 Å². The van der Waals surface area contributed by atoms with Crippen LogP contribution in [0.4, 0.5) is 18.9 Å². The average molecular weight is 293 g/mol. The van der Waals surface area contributed by atoms with Gasteiger partial charge in [0.2, 0.25) is 0 Å². The number of nitro benzene ring substituents is 1. The van der Waals surface area contributed by atoms with Gasteiger partial charge in [0.15, 0.2) is 0 Å². The number of ether oxygens (including phenoxy) is 2. The molecule has 0 N–H and O–H groups in total. The SMILES string of the molecule is O=[N+]([O-])c1ccc(OCCCCCOC(F)(F)F)cc1. The van der Waals surface area contributed by atoms with Crippen LogP contribution in [0.5, 0.6) is 5.75 Å². The second kappa shape index (κ2) is 7.68. The Labute approximate surface area is 113 Å². The van der Waals surface area contributed by atoms with Gasteiger partial charge in [0, 0.05) is 12.1 Å². The van der Waals surface area contributed by atoms with E-state index in [9.17, 15) is 23.3 Å². The van der Waals surface area contributed by atoms with Gasteiger partial charge in [0.25, 0.3) is 5.69 Å². The van der Waals surface area contributed by atoms with Gasteiger partial charge in [-0.25, -0.2) is 0 Å². The largest absolute Gasteiger partial charge is 0.522 e. The number of alkyl halides is 3. The van der Waals surface area contributed by atoms with Crippen LogP contribution in [0.1, 0.15) is 19.3 Å². The number of nitro groups is 1. The van der Waals surface area contributed by atoms with Crippen LogP contribution >= 0.6 is 0 Å². The Hall–Kier alpha value is -1.83. The first-order valence-electron chi connectivity index (χ1n) is 5.96. The van der Waals surface area contributed by atoms with Gasteiger partial charge in [0.1, 0.15) is 5.75 Å². The summed E-state index contributed by atoms with van der Waals surface area (Å²) in [5, 5.41) is 10.4. The zero-order valence-corrected chi connectivity index (χ0v) is 10.6. The molecule has 0 aliphatic rings. The van der Waals surface area contributed by atoms with Crippen LogP contribution in [0.3, 0.4) is 0 Å². The van der Waals surface area contributed by atoms with Crippen molar-refractivity contribution in [1.82, 2.24) is 0 Å². The number of halogens is 3. The van der Waals surface area contributed by atoms with Crippen molar-refractivity contribution in [3.8, 4) is 5.75 Å². The number of benzene rings is 1. The van der Waals surface area contributed by atoms with Crippen molar-refractivity contribution in [2.45, 2.75) is 25.6 Å². The first kappa shape index (κ1) is 16.2. The molecule has 0 saturated heterocycles. The van der Waals surface area contributed by atoms with E-state index in [1.165, 1.54) is 24.3 Å². The highest BCUT2D eigenvalue weighted by Crippen LogP contribution is 2.18. The fraction of sp³-hybridized carbons (Fsp3) is 0.500. The van der Waals surface area contributed by atoms with Gasteiger partial charge in [-0.2, -0.15) is 0 Å². The summed E-state index contributed by atoms with van der Waals surface area (Å²) in [4.78, 5) is 9.91. The van der Waals surface area contributed by atoms with Gasteiger partial charge in [-0.1, -0.05) is 0 Å². The van der Waals surface area contributed by atoms with Crippen LogP contribution in [0.25, 0.3) is 0 Å². The first-order valence-corrected chi connectivity index (χ1v) is 5.96. The summed E-state index contributed by atoms with van der Waals surface area (Å²) in [5.41, 5.74) is -0.0263. The second-order valence-electron chi connectivity index (χ2n) is 3.95. The second-order valence-corrected chi connectivity index (χ2v) is 3.95. The summed E-state index contributed by atoms with van der Waals surface area (Å²) in [6, 6.07) is 5.61. The Morgan fingerprint density at radius 2 is 1.65 bits per heavy atom. The lowest BCUT2D eigenvalue weighted by molar-refractivity contribution is -0.384. The molecule has 0 fully saturated rings. The van der Waals surface area contributed by atoms with E-state index in [0.717, 1.165) is 0 Å². The van der Waals surface area contributed by atoms with E-state index in [4.69, 9.17) is 4.74 Å². The van der Waals surface area contributed by atoms with Crippen LogP contribution in [0.15, 0.2) is 24.3 Å². The van der Waals surface area contributed by atoms with Crippen molar-refractivity contribution < 1.29 is 27.6 Å². The Kier molecular flexibility index (Phi) is 6.23. The highest BCUT2D eigenvalue weighted by Gasteiger charge is 2.28. The molecule has 1 aromatic rings. The van der Waals surface area contributed by atoms with E-state index in [0.29, 0.717) is 31.6 Å². The van der Waals surface area contributed by atoms with E-state index >= 15 is 0 Å². The van der Waals surface area contributed by atoms with Crippen molar-refractivity contribution in [1.29, 1.82) is 0 Å². The maximum atomic E-state index is 11.6. The molecule has 0 radical (unpaired) electrons. The molecule has 0 atom stereocenters. The Morgan fingerprint density at radius 1 is 1.05 bits per heavy atom. The van der Waals surface area contributed by atoms with Crippen molar-refractivity contribution in [3.05, 3.63) is 34.4 Å². The quantitative estimate of drug-likeness (QED) is 0.416. The third kappa shape index (κ3) is 6.93. The Bertz CT molecular complexity index is 420. The highest BCUT2D eigenvalue weighted by molar-refractivity contribution is 5.35. The fourth-order valence-corrected chi connectivity index (χ4v) is 1.42. The number of rotatable bonds is 8. The van der Waals surface area contributed by atoms with Crippen LogP contribution in [0.2, 0.25) is 0 Å². The lowest BCUT2D eigenvalue weighted by Crippen LogP contribution is -2.14. The van der Waals surface area contributed by atoms with E-state index in [1.807, 2.05) is 0 Å². The maximum Gasteiger partial charge on any atom is 0.522 e. The molecule has 112 valence electrons. The molecule has 0 amide bonds. The van der Waals surface area contributed by atoms with Crippen LogP contribution in [0, 0.1) is 10.1 Å². The predicted octanol–water partition coefficient (Wildman–Crippen LogP) is 3.68. The molecule has 1 rings (SSSR count).